The molecule has 1 aliphatic rings. The maximum absolute atomic E-state index is 4.75. The van der Waals surface area contributed by atoms with Gasteiger partial charge < -0.3 is 5.32 Å². The summed E-state index contributed by atoms with van der Waals surface area (Å²) in [4.78, 5) is 0. The predicted molar refractivity (Wildman–Crippen MR) is 52.6 cm³/mol. The van der Waals surface area contributed by atoms with Crippen molar-refractivity contribution in [2.24, 2.45) is 0 Å². The molecule has 0 aliphatic carbocycles. The number of halogens is 1. The molecule has 1 fully saturated rings. The fourth-order valence-corrected chi connectivity index (χ4v) is 1.88. The van der Waals surface area contributed by atoms with E-state index in [1.807, 2.05) is 0 Å². The monoisotopic (exact) mass is 240 g/mol. The van der Waals surface area contributed by atoms with Crippen LogP contribution in [0.4, 0.5) is 0 Å². The van der Waals surface area contributed by atoms with Gasteiger partial charge in [0.15, 0.2) is 0 Å². The average Bonchev–Trinajstić information content (AvgIpc) is 1.56. The number of hydrogen-bond donors (Lipinski definition) is 0. The van der Waals surface area contributed by atoms with Gasteiger partial charge in [-0.1, -0.05) is 47.0 Å². The molecular weight excluding hydrogens is 223 g/mol. The molecule has 12 heavy (non-hydrogen) atoms. The van der Waals surface area contributed by atoms with Crippen LogP contribution in [-0.4, -0.2) is 11.1 Å². The first-order valence-electron chi connectivity index (χ1n) is 4.15. The second kappa shape index (κ2) is 4.93. The van der Waals surface area contributed by atoms with Crippen molar-refractivity contribution in [1.82, 2.24) is 0 Å². The maximum Gasteiger partial charge on any atom is 0 e. The summed E-state index contributed by atoms with van der Waals surface area (Å²) in [6, 6.07) is 0. The van der Waals surface area contributed by atoms with Crippen LogP contribution in [0, 0.1) is 0 Å². The van der Waals surface area contributed by atoms with Crippen LogP contribution in [-0.2, 0) is 19.5 Å². The van der Waals surface area contributed by atoms with Crippen molar-refractivity contribution >= 4 is 12.4 Å². The SMILES string of the molecule is CC1(C)CCCC(C)(C)[N-]1.Cl.[Zn]. The molecule has 3 heteroatoms. The van der Waals surface area contributed by atoms with Crippen molar-refractivity contribution in [3.05, 3.63) is 5.32 Å². The fourth-order valence-electron chi connectivity index (χ4n) is 1.88. The molecule has 0 bridgehead atoms. The van der Waals surface area contributed by atoms with Gasteiger partial charge >= 0.3 is 0 Å². The first-order chi connectivity index (χ1) is 4.41. The molecule has 0 spiro atoms. The summed E-state index contributed by atoms with van der Waals surface area (Å²) in [6.45, 7) is 8.92. The standard InChI is InChI=1S/C9H18N.ClH.Zn/c1-8(2)6-5-7-9(3,4)10-8;;/h5-7H2,1-4H3;1H;/q-1;;. The Hall–Kier alpha value is 0.873. The van der Waals surface area contributed by atoms with E-state index in [-0.39, 0.29) is 43.0 Å². The van der Waals surface area contributed by atoms with Gasteiger partial charge in [-0.25, -0.2) is 0 Å². The van der Waals surface area contributed by atoms with Gasteiger partial charge in [-0.3, -0.25) is 0 Å². The molecule has 0 aromatic heterocycles. The fraction of sp³-hybridized carbons (Fsp3) is 1.00. The Balaban J connectivity index is 0. The van der Waals surface area contributed by atoms with Crippen LogP contribution in [0.25, 0.3) is 5.32 Å². The van der Waals surface area contributed by atoms with E-state index in [2.05, 4.69) is 27.7 Å². The van der Waals surface area contributed by atoms with Crippen LogP contribution in [0.3, 0.4) is 0 Å². The van der Waals surface area contributed by atoms with Gasteiger partial charge in [0.2, 0.25) is 0 Å². The number of rotatable bonds is 0. The third kappa shape index (κ3) is 4.79. The minimum absolute atomic E-state index is 0. The first-order valence-corrected chi connectivity index (χ1v) is 4.15. The van der Waals surface area contributed by atoms with E-state index in [4.69, 9.17) is 5.32 Å². The normalized spacial score (nSPS) is 25.0. The molecule has 0 radical (unpaired) electrons. The van der Waals surface area contributed by atoms with Crippen molar-refractivity contribution in [2.45, 2.75) is 58.0 Å². The van der Waals surface area contributed by atoms with Gasteiger partial charge in [0.05, 0.1) is 0 Å². The van der Waals surface area contributed by atoms with E-state index in [9.17, 15) is 0 Å². The van der Waals surface area contributed by atoms with E-state index in [0.717, 1.165) is 0 Å². The van der Waals surface area contributed by atoms with Crippen LogP contribution < -0.4 is 0 Å². The van der Waals surface area contributed by atoms with E-state index in [1.165, 1.54) is 19.3 Å². The number of piperidine rings is 1. The van der Waals surface area contributed by atoms with Crippen molar-refractivity contribution in [3.63, 3.8) is 0 Å². The van der Waals surface area contributed by atoms with Gasteiger partial charge in [-0.05, 0) is 0 Å². The smallest absolute Gasteiger partial charge is 0 e. The molecule has 1 rings (SSSR count). The van der Waals surface area contributed by atoms with Crippen LogP contribution >= 0.6 is 12.4 Å². The molecule has 1 heterocycles. The van der Waals surface area contributed by atoms with Crippen molar-refractivity contribution in [2.75, 3.05) is 0 Å². The zero-order chi connectivity index (χ0) is 7.83. The molecule has 0 unspecified atom stereocenters. The van der Waals surface area contributed by atoms with E-state index in [0.29, 0.717) is 0 Å². The summed E-state index contributed by atoms with van der Waals surface area (Å²) in [5, 5.41) is 4.75. The Morgan fingerprint density at radius 3 is 1.42 bits per heavy atom. The summed E-state index contributed by atoms with van der Waals surface area (Å²) >= 11 is 0. The van der Waals surface area contributed by atoms with Crippen LogP contribution in [0.2, 0.25) is 0 Å². The van der Waals surface area contributed by atoms with Gasteiger partial charge in [0, 0.05) is 19.5 Å². The van der Waals surface area contributed by atoms with Gasteiger partial charge in [0.1, 0.15) is 0 Å². The Kier molecular flexibility index (Phi) is 6.31. The second-order valence-corrected chi connectivity index (χ2v) is 4.59. The van der Waals surface area contributed by atoms with Crippen LogP contribution in [0.5, 0.6) is 0 Å². The zero-order valence-corrected chi connectivity index (χ0v) is 12.5. The largest absolute Gasteiger partial charge is 0.652 e. The second-order valence-electron chi connectivity index (χ2n) is 4.59. The summed E-state index contributed by atoms with van der Waals surface area (Å²) < 4.78 is 0. The number of nitrogens with zero attached hydrogens (tertiary/aromatic N) is 1. The molecule has 0 N–H and O–H groups in total. The van der Waals surface area contributed by atoms with Crippen LogP contribution in [0.15, 0.2) is 0 Å². The maximum atomic E-state index is 4.75. The molecule has 0 aromatic carbocycles. The Morgan fingerprint density at radius 1 is 0.917 bits per heavy atom. The summed E-state index contributed by atoms with van der Waals surface area (Å²) in [7, 11) is 0. The third-order valence-corrected chi connectivity index (χ3v) is 2.18. The Labute approximate surface area is 95.2 Å². The minimum atomic E-state index is 0. The summed E-state index contributed by atoms with van der Waals surface area (Å²) in [6.07, 6.45) is 3.86. The van der Waals surface area contributed by atoms with E-state index < -0.39 is 0 Å². The average molecular weight is 242 g/mol. The molecule has 1 nitrogen and oxygen atoms in total. The van der Waals surface area contributed by atoms with E-state index in [1.54, 1.807) is 0 Å². The Morgan fingerprint density at radius 2 is 1.25 bits per heavy atom. The topological polar surface area (TPSA) is 14.1 Å². The molecule has 1 aliphatic heterocycles. The van der Waals surface area contributed by atoms with E-state index >= 15 is 0 Å². The van der Waals surface area contributed by atoms with Gasteiger partial charge in [-0.15, -0.1) is 23.5 Å². The van der Waals surface area contributed by atoms with Crippen molar-refractivity contribution in [1.29, 1.82) is 0 Å². The number of hydrogen-bond acceptors (Lipinski definition) is 0. The molecule has 70 valence electrons. The predicted octanol–water partition coefficient (Wildman–Crippen LogP) is 3.52. The summed E-state index contributed by atoms with van der Waals surface area (Å²) in [5.74, 6) is 0. The van der Waals surface area contributed by atoms with Gasteiger partial charge in [-0.2, -0.15) is 0 Å². The zero-order valence-electron chi connectivity index (χ0n) is 8.68. The first kappa shape index (κ1) is 15.4. The minimum Gasteiger partial charge on any atom is -0.652 e. The third-order valence-electron chi connectivity index (χ3n) is 2.18. The summed E-state index contributed by atoms with van der Waals surface area (Å²) in [5.41, 5.74) is 0.476. The molecule has 0 atom stereocenters. The quantitative estimate of drug-likeness (QED) is 0.577. The van der Waals surface area contributed by atoms with Crippen molar-refractivity contribution < 1.29 is 19.5 Å². The van der Waals surface area contributed by atoms with Gasteiger partial charge in [0.25, 0.3) is 0 Å². The molecule has 0 aromatic rings. The molecule has 0 saturated carbocycles. The molecule has 0 amide bonds. The Bertz CT molecular complexity index is 120. The molecule has 1 saturated heterocycles. The molecular formula is C9H19ClNZn-. The van der Waals surface area contributed by atoms with Crippen LogP contribution in [0.1, 0.15) is 47.0 Å². The van der Waals surface area contributed by atoms with Crippen molar-refractivity contribution in [3.8, 4) is 0 Å².